The first-order valence-corrected chi connectivity index (χ1v) is 3.20. The number of benzene rings is 1. The topological polar surface area (TPSA) is 26.1 Å². The molecule has 0 aromatic heterocycles. The molecule has 0 spiro atoms. The molecule has 1 aromatic rings. The van der Waals surface area contributed by atoms with Crippen LogP contribution < -0.4 is 0 Å². The Bertz CT molecular complexity index is 706. The molecular formula is C11H15NO. The first kappa shape index (κ1) is 2.02. The van der Waals surface area contributed by atoms with Gasteiger partial charge in [-0.3, -0.25) is 0 Å². The molecular weight excluding hydrogens is 162 g/mol. The van der Waals surface area contributed by atoms with Crippen LogP contribution in [0.2, 0.25) is 0 Å². The van der Waals surface area contributed by atoms with E-state index in [9.17, 15) is 5.21 Å². The highest BCUT2D eigenvalue weighted by molar-refractivity contribution is 5.75. The Hall–Kier alpha value is -1.31. The minimum Gasteiger partial charge on any atom is -0.623 e. The second-order valence-corrected chi connectivity index (χ2v) is 2.20. The summed E-state index contributed by atoms with van der Waals surface area (Å²) in [7, 11) is 0. The lowest BCUT2D eigenvalue weighted by Crippen LogP contribution is -2.29. The van der Waals surface area contributed by atoms with E-state index in [0.29, 0.717) is 0 Å². The van der Waals surface area contributed by atoms with Gasteiger partial charge in [0.1, 0.15) is 0 Å². The molecule has 13 heavy (non-hydrogen) atoms. The first-order valence-electron chi connectivity index (χ1n) is 10.2. The fraction of sp³-hybridized carbons (Fsp3) is 0.364. The van der Waals surface area contributed by atoms with Gasteiger partial charge in [-0.25, -0.2) is 4.74 Å². The predicted octanol–water partition coefficient (Wildman–Crippen LogP) is 2.41. The number of hydrogen-bond donors (Lipinski definition) is 0. The van der Waals surface area contributed by atoms with Crippen LogP contribution in [0, 0.1) is 5.21 Å². The summed E-state index contributed by atoms with van der Waals surface area (Å²) < 4.78 is 104. The summed E-state index contributed by atoms with van der Waals surface area (Å²) in [6.45, 7) is -11.5. The Kier molecular flexibility index (Phi) is 0.561. The maximum Gasteiger partial charge on any atom is 0.182 e. The monoisotopic (exact) mass is 191 g/mol. The van der Waals surface area contributed by atoms with Crippen LogP contribution in [-0.2, 0) is 0 Å². The van der Waals surface area contributed by atoms with E-state index in [0.717, 1.165) is 0 Å². The number of rotatable bonds is 1. The van der Waals surface area contributed by atoms with Crippen LogP contribution in [0.25, 0.3) is 0 Å². The molecule has 0 saturated heterocycles. The molecule has 1 aromatic carbocycles. The van der Waals surface area contributed by atoms with Crippen LogP contribution in [-0.4, -0.2) is 16.5 Å². The van der Waals surface area contributed by atoms with Crippen molar-refractivity contribution in [3.8, 4) is 0 Å². The summed E-state index contributed by atoms with van der Waals surface area (Å²) in [4.78, 5) is 0. The van der Waals surface area contributed by atoms with Crippen molar-refractivity contribution < 1.29 is 23.9 Å². The van der Waals surface area contributed by atoms with Gasteiger partial charge in [-0.15, -0.1) is 0 Å². The largest absolute Gasteiger partial charge is 0.623 e. The van der Waals surface area contributed by atoms with Gasteiger partial charge in [0.15, 0.2) is 11.8 Å². The fourth-order valence-electron chi connectivity index (χ4n) is 0.538. The highest BCUT2D eigenvalue weighted by Crippen LogP contribution is 2.05. The van der Waals surface area contributed by atoms with E-state index in [2.05, 4.69) is 0 Å². The highest BCUT2D eigenvalue weighted by atomic mass is 16.5. The van der Waals surface area contributed by atoms with E-state index >= 15 is 0 Å². The molecule has 0 atom stereocenters. The van der Waals surface area contributed by atoms with Gasteiger partial charge in [0, 0.05) is 38.5 Å². The fourth-order valence-corrected chi connectivity index (χ4v) is 0.538. The number of hydroxylamine groups is 1. The quantitative estimate of drug-likeness (QED) is 0.290. The average molecular weight is 191 g/mol. The van der Waals surface area contributed by atoms with Crippen LogP contribution in [0.1, 0.15) is 45.3 Å². The lowest BCUT2D eigenvalue weighted by molar-refractivity contribution is -0.530. The van der Waals surface area contributed by atoms with Crippen molar-refractivity contribution >= 4 is 6.21 Å². The normalized spacial score (nSPS) is 31.5. The molecule has 0 amide bonds. The Morgan fingerprint density at radius 1 is 1.38 bits per heavy atom. The van der Waals surface area contributed by atoms with Gasteiger partial charge in [-0.1, -0.05) is 18.1 Å². The SMILES string of the molecule is [2H]c1c([2H])c([2H])c(/C=[N+](\[O-])C(C([2H])([2H])[2H])(C([2H])([2H])[2H])C([2H])([2H])[2H])c([2H])c1[2H]. The Morgan fingerprint density at radius 2 is 2.00 bits per heavy atom. The van der Waals surface area contributed by atoms with Crippen molar-refractivity contribution in [1.82, 2.24) is 0 Å². The van der Waals surface area contributed by atoms with Crippen molar-refractivity contribution in [3.05, 3.63) is 41.0 Å². The number of nitrogens with zero attached hydrogens (tertiary/aromatic N) is 1. The van der Waals surface area contributed by atoms with Crippen molar-refractivity contribution in [2.24, 2.45) is 0 Å². The third-order valence-electron chi connectivity index (χ3n) is 1.10. The summed E-state index contributed by atoms with van der Waals surface area (Å²) in [5.74, 6) is 0. The Balaban J connectivity index is 4.01. The molecule has 70 valence electrons. The molecule has 2 nitrogen and oxygen atoms in total. The summed E-state index contributed by atoms with van der Waals surface area (Å²) >= 11 is 0. The Morgan fingerprint density at radius 3 is 2.54 bits per heavy atom. The zero-order chi connectivity index (χ0) is 21.7. The van der Waals surface area contributed by atoms with Crippen molar-refractivity contribution in [2.45, 2.75) is 26.1 Å². The second kappa shape index (κ2) is 3.60. The molecule has 2 heteroatoms. The van der Waals surface area contributed by atoms with Gasteiger partial charge < -0.3 is 5.21 Å². The van der Waals surface area contributed by atoms with Crippen molar-refractivity contribution in [1.29, 1.82) is 0 Å². The van der Waals surface area contributed by atoms with Gasteiger partial charge in [0.2, 0.25) is 0 Å². The van der Waals surface area contributed by atoms with Gasteiger partial charge in [-0.2, -0.15) is 0 Å². The van der Waals surface area contributed by atoms with E-state index in [1.807, 2.05) is 0 Å². The van der Waals surface area contributed by atoms with Gasteiger partial charge in [0.05, 0.1) is 6.85 Å². The van der Waals surface area contributed by atoms with Crippen LogP contribution in [0.5, 0.6) is 0 Å². The minimum absolute atomic E-state index is 0.102. The molecule has 0 aliphatic rings. The summed E-state index contributed by atoms with van der Waals surface area (Å²) in [5, 5.41) is 12.6. The van der Waals surface area contributed by atoms with Crippen molar-refractivity contribution in [2.75, 3.05) is 0 Å². The molecule has 0 saturated carbocycles. The molecule has 1 rings (SSSR count). The lowest BCUT2D eigenvalue weighted by atomic mass is 10.1. The standard InChI is InChI=1S/C11H15NO/c1-11(2,3)12(13)9-10-7-5-4-6-8-10/h4-9H,1-3H3/b12-9-/i1D3,2D3,3D3,4D,5D,6D,7D,8D. The zero-order valence-electron chi connectivity index (χ0n) is 20.4. The zero-order valence-corrected chi connectivity index (χ0v) is 6.43. The van der Waals surface area contributed by atoms with Gasteiger partial charge in [0.25, 0.3) is 0 Å². The van der Waals surface area contributed by atoms with E-state index in [4.69, 9.17) is 19.2 Å². The lowest BCUT2D eigenvalue weighted by Gasteiger charge is -2.18. The summed E-state index contributed by atoms with van der Waals surface area (Å²) in [6.07, 6.45) is 0.102. The average Bonchev–Trinajstić information content (AvgIpc) is 2.43. The molecule has 0 fully saturated rings. The van der Waals surface area contributed by atoms with Crippen LogP contribution in [0.3, 0.4) is 0 Å². The third kappa shape index (κ3) is 2.90. The Labute approximate surface area is 98.8 Å². The molecule has 0 radical (unpaired) electrons. The third-order valence-corrected chi connectivity index (χ3v) is 1.10. The van der Waals surface area contributed by atoms with Crippen LogP contribution in [0.4, 0.5) is 0 Å². The molecule has 0 unspecified atom stereocenters. The summed E-state index contributed by atoms with van der Waals surface area (Å²) in [5.41, 5.74) is -4.76. The van der Waals surface area contributed by atoms with Crippen molar-refractivity contribution in [3.63, 3.8) is 0 Å². The van der Waals surface area contributed by atoms with Gasteiger partial charge >= 0.3 is 0 Å². The molecule has 0 aliphatic carbocycles. The number of hydrogen-bond acceptors (Lipinski definition) is 1. The maximum atomic E-state index is 12.6. The van der Waals surface area contributed by atoms with Gasteiger partial charge in [-0.05, 0) is 12.1 Å². The maximum absolute atomic E-state index is 12.6. The van der Waals surface area contributed by atoms with E-state index in [1.165, 1.54) is 0 Å². The smallest absolute Gasteiger partial charge is 0.182 e. The van der Waals surface area contributed by atoms with E-state index in [-0.39, 0.29) is 6.21 Å². The minimum atomic E-state index is -3.92. The van der Waals surface area contributed by atoms with Crippen LogP contribution in [0.15, 0.2) is 30.2 Å². The van der Waals surface area contributed by atoms with Crippen LogP contribution >= 0.6 is 0 Å². The van der Waals surface area contributed by atoms with E-state index in [1.54, 1.807) is 0 Å². The highest BCUT2D eigenvalue weighted by Gasteiger charge is 2.17. The van der Waals surface area contributed by atoms with E-state index < -0.39 is 66.6 Å². The first-order chi connectivity index (χ1) is 11.8. The predicted molar refractivity (Wildman–Crippen MR) is 55.0 cm³/mol. The molecule has 0 aliphatic heterocycles. The molecule has 0 heterocycles. The second-order valence-electron chi connectivity index (χ2n) is 2.20. The molecule has 0 bridgehead atoms. The summed E-state index contributed by atoms with van der Waals surface area (Å²) in [6, 6.07) is -4.36. The molecule has 0 N–H and O–H groups in total.